The van der Waals surface area contributed by atoms with E-state index in [9.17, 15) is 55.3 Å². The number of hydrogen-bond donors (Lipinski definition) is 7. The maximum atomic E-state index is 17.0. The summed E-state index contributed by atoms with van der Waals surface area (Å²) in [6, 6.07) is 11.4. The number of alkyl halides is 1. The fourth-order valence-corrected chi connectivity index (χ4v) is 11.8. The van der Waals surface area contributed by atoms with Gasteiger partial charge in [-0.15, -0.1) is 0 Å². The number of fused-ring (bicyclic) bond motifs is 5. The summed E-state index contributed by atoms with van der Waals surface area (Å²) in [6.07, 6.45) is 4.29. The molecule has 1 amide bonds. The standard InChI is InChI=1S/C24H31FO6.C14H22N2O.2C6H6O5S.Ca/c1-13-9-18-17-6-5-15-10-16(27)7-8-21(15,3)23(17,25)19(28)11-22(18,4)24(13,30)20(29)12-31-14(2)26;1-5-16(6-2)10-13(17)15-14-11(3)8-7-9-12(14)4;2*7-4-1-2-5(8)6(3-4)12(9,10)11;/h7-8,10,13,17-19,28,30H,5-6,9,11-12H2,1-4H3;7-9H,5-6,10H2,1-4H3,(H,15,17);2*1-3,7-8H,(H,9,10,11);/q;;;;+2/p-2/t13-,17+,18+,19+,21+,22+,23?,24+;;;;/m1..../s1. The van der Waals surface area contributed by atoms with Crippen LogP contribution in [0.5, 0.6) is 23.0 Å². The molecule has 3 aromatic rings. The number of carbonyl (C=O) groups excluding carboxylic acids is 4. The number of nitrogens with zero attached hydrogens (tertiary/aromatic N) is 1. The molecular formula is C50H63CaFN2O17S2. The Bertz CT molecular complexity index is 2740. The van der Waals surface area contributed by atoms with Crippen LogP contribution in [0.3, 0.4) is 0 Å². The number of carbonyl (C=O) groups is 4. The topological polar surface area (TPSA) is 329 Å². The molecule has 4 aliphatic carbocycles. The minimum Gasteiger partial charge on any atom is -0.744 e. The number of hydrogen-bond acceptors (Lipinski definition) is 18. The Morgan fingerprint density at radius 1 is 0.877 bits per heavy atom. The van der Waals surface area contributed by atoms with E-state index in [0.717, 1.165) is 54.2 Å². The van der Waals surface area contributed by atoms with Crippen molar-refractivity contribution < 1.29 is 84.9 Å². The zero-order chi connectivity index (χ0) is 54.5. The van der Waals surface area contributed by atoms with Crippen LogP contribution >= 0.6 is 0 Å². The second-order valence-electron chi connectivity index (χ2n) is 18.9. The van der Waals surface area contributed by atoms with Crippen molar-refractivity contribution >= 4 is 87.1 Å². The summed E-state index contributed by atoms with van der Waals surface area (Å²) in [7, 11) is -9.43. The van der Waals surface area contributed by atoms with Gasteiger partial charge in [-0.3, -0.25) is 24.1 Å². The van der Waals surface area contributed by atoms with Gasteiger partial charge >= 0.3 is 43.7 Å². The molecule has 3 aromatic carbocycles. The third kappa shape index (κ3) is 13.5. The van der Waals surface area contributed by atoms with E-state index in [1.54, 1.807) is 26.8 Å². The first-order valence-corrected chi connectivity index (χ1v) is 25.8. The van der Waals surface area contributed by atoms with Crippen LogP contribution in [0.4, 0.5) is 10.1 Å². The van der Waals surface area contributed by atoms with Gasteiger partial charge in [0.25, 0.3) is 0 Å². The number of amides is 1. The van der Waals surface area contributed by atoms with Crippen LogP contribution in [-0.4, -0.2) is 166 Å². The number of aryl methyl sites for hydroxylation is 2. The molecule has 7 rings (SSSR count). The molecule has 0 aliphatic heterocycles. The van der Waals surface area contributed by atoms with Crippen LogP contribution in [0.25, 0.3) is 0 Å². The number of ketones is 2. The van der Waals surface area contributed by atoms with Crippen LogP contribution in [0, 0.1) is 42.4 Å². The number of aliphatic hydroxyl groups excluding tert-OH is 1. The van der Waals surface area contributed by atoms with E-state index in [2.05, 4.69) is 24.1 Å². The third-order valence-electron chi connectivity index (χ3n) is 14.5. The summed E-state index contributed by atoms with van der Waals surface area (Å²) >= 11 is 0. The summed E-state index contributed by atoms with van der Waals surface area (Å²) in [5, 5.41) is 61.2. The van der Waals surface area contributed by atoms with Crippen molar-refractivity contribution in [2.24, 2.45) is 28.6 Å². The van der Waals surface area contributed by atoms with Crippen LogP contribution in [-0.2, 0) is 44.2 Å². The van der Waals surface area contributed by atoms with E-state index < -0.39 is 99.9 Å². The molecule has 8 atom stereocenters. The predicted octanol–water partition coefficient (Wildman–Crippen LogP) is 4.67. The second-order valence-corrected chi connectivity index (χ2v) is 21.6. The summed E-state index contributed by atoms with van der Waals surface area (Å²) in [6.45, 7) is 16.3. The number of para-hydroxylation sites is 1. The number of allylic oxidation sites excluding steroid dienone is 4. The maximum Gasteiger partial charge on any atom is 2.00 e. The van der Waals surface area contributed by atoms with Gasteiger partial charge in [0.05, 0.1) is 22.4 Å². The number of phenolic OH excluding ortho intramolecular Hbond substituents is 4. The van der Waals surface area contributed by atoms with Crippen LogP contribution in [0.1, 0.15) is 78.4 Å². The van der Waals surface area contributed by atoms with Gasteiger partial charge in [-0.1, -0.05) is 57.5 Å². The fraction of sp³-hybridized carbons (Fsp3) is 0.480. The summed E-state index contributed by atoms with van der Waals surface area (Å²) < 4.78 is 84.2. The molecule has 0 radical (unpaired) electrons. The number of nitrogens with one attached hydrogen (secondary N) is 1. The Labute approximate surface area is 454 Å². The van der Waals surface area contributed by atoms with Gasteiger partial charge in [0.1, 0.15) is 48.8 Å². The van der Waals surface area contributed by atoms with Crippen molar-refractivity contribution in [3.05, 3.63) is 89.5 Å². The molecule has 1 unspecified atom stereocenters. The Balaban J connectivity index is 0.000000282. The first-order chi connectivity index (χ1) is 33.2. The Morgan fingerprint density at radius 3 is 1.84 bits per heavy atom. The Morgan fingerprint density at radius 2 is 1.38 bits per heavy atom. The summed E-state index contributed by atoms with van der Waals surface area (Å²) in [4.78, 5) is 48.5. The molecular weight excluding hydrogens is 1020 g/mol. The number of aromatic hydroxyl groups is 4. The number of benzene rings is 3. The van der Waals surface area contributed by atoms with E-state index >= 15 is 4.39 Å². The van der Waals surface area contributed by atoms with Gasteiger partial charge < -0.3 is 49.8 Å². The molecule has 0 bridgehead atoms. The van der Waals surface area contributed by atoms with Crippen LogP contribution < -0.4 is 5.32 Å². The number of halogens is 1. The van der Waals surface area contributed by atoms with Crippen LogP contribution in [0.15, 0.2) is 88.2 Å². The van der Waals surface area contributed by atoms with Crippen molar-refractivity contribution in [3.8, 4) is 23.0 Å². The number of aliphatic hydroxyl groups is 2. The number of ether oxygens (including phenoxy) is 1. The predicted molar refractivity (Wildman–Crippen MR) is 263 cm³/mol. The van der Waals surface area contributed by atoms with Crippen molar-refractivity contribution in [3.63, 3.8) is 0 Å². The molecule has 19 nitrogen and oxygen atoms in total. The quantitative estimate of drug-likeness (QED) is 0.0627. The first kappa shape index (κ1) is 62.8. The van der Waals surface area contributed by atoms with E-state index in [1.165, 1.54) is 19.1 Å². The van der Waals surface area contributed by atoms with E-state index in [0.29, 0.717) is 43.5 Å². The van der Waals surface area contributed by atoms with Crippen molar-refractivity contribution in [1.82, 2.24) is 4.90 Å². The Hall–Kier alpha value is -4.49. The third-order valence-corrected chi connectivity index (χ3v) is 16.2. The SMILES string of the molecule is CC(=O)OCC(=O)[C@@]1(O)[C@H](C)C[C@H]2[C@@H]3CCC4=CC(=O)C=C[C@]4(C)C3(F)[C@@H](O)C[C@@]21C.CCN(CC)CC(=O)Nc1c(C)cccc1C.O=S(=O)([O-])c1cc(O)ccc1O.O=S(=O)([O-])c1cc(O)ccc1O.[Ca+2]. The molecule has 396 valence electrons. The van der Waals surface area contributed by atoms with Crippen molar-refractivity contribution in [1.29, 1.82) is 0 Å². The number of anilines is 1. The zero-order valence-electron chi connectivity index (χ0n) is 41.9. The van der Waals surface area contributed by atoms with Crippen LogP contribution in [0.2, 0.25) is 0 Å². The molecule has 73 heavy (non-hydrogen) atoms. The molecule has 4 aliphatic rings. The molecule has 0 saturated heterocycles. The molecule has 0 spiro atoms. The first-order valence-electron chi connectivity index (χ1n) is 23.0. The molecule has 23 heteroatoms. The average molecular weight is 1090 g/mol. The Kier molecular flexibility index (Phi) is 21.0. The monoisotopic (exact) mass is 1090 g/mol. The van der Waals surface area contributed by atoms with Gasteiger partial charge in [0.15, 0.2) is 18.1 Å². The average Bonchev–Trinajstić information content (AvgIpc) is 3.49. The molecule has 3 saturated carbocycles. The van der Waals surface area contributed by atoms with Crippen molar-refractivity contribution in [2.75, 3.05) is 31.6 Å². The van der Waals surface area contributed by atoms with Crippen molar-refractivity contribution in [2.45, 2.75) is 108 Å². The van der Waals surface area contributed by atoms with Gasteiger partial charge in [-0.05, 0) is 119 Å². The van der Waals surface area contributed by atoms with E-state index in [1.807, 2.05) is 32.0 Å². The maximum absolute atomic E-state index is 17.0. The molecule has 7 N–H and O–H groups in total. The normalized spacial score (nSPS) is 26.8. The van der Waals surface area contributed by atoms with E-state index in [4.69, 9.17) is 25.2 Å². The fourth-order valence-electron chi connectivity index (χ4n) is 10.7. The molecule has 0 heterocycles. The summed E-state index contributed by atoms with van der Waals surface area (Å²) in [5.74, 6) is -4.84. The minimum atomic E-state index is -4.72. The van der Waals surface area contributed by atoms with Gasteiger partial charge in [-0.2, -0.15) is 0 Å². The smallest absolute Gasteiger partial charge is 0.744 e. The largest absolute Gasteiger partial charge is 2.00 e. The zero-order valence-corrected chi connectivity index (χ0v) is 45.8. The van der Waals surface area contributed by atoms with Gasteiger partial charge in [0.2, 0.25) is 11.7 Å². The number of likely N-dealkylation sites (N-methyl/N-ethyl adjacent to an activating group) is 1. The molecule has 3 fully saturated rings. The number of Topliss-reactive ketones (excluding diaryl/α,β-unsaturated/α-hetero) is 1. The second kappa shape index (κ2) is 24.5. The molecule has 0 aromatic heterocycles. The summed E-state index contributed by atoms with van der Waals surface area (Å²) in [5.41, 5.74) is -2.16. The van der Waals surface area contributed by atoms with Gasteiger partial charge in [0, 0.05) is 41.5 Å². The van der Waals surface area contributed by atoms with E-state index in [-0.39, 0.29) is 73.3 Å². The number of phenols is 4. The minimum absolute atomic E-state index is 0. The number of esters is 1. The number of rotatable bonds is 10. The van der Waals surface area contributed by atoms with Gasteiger partial charge in [-0.25, -0.2) is 21.2 Å².